The lowest BCUT2D eigenvalue weighted by Gasteiger charge is -2.42. The topological polar surface area (TPSA) is 37.4 Å². The number of imide groups is 1. The number of amides is 2. The molecule has 3 nitrogen and oxygen atoms in total. The molecule has 6 atom stereocenters. The Balaban J connectivity index is 1.54. The maximum atomic E-state index is 12.9. The highest BCUT2D eigenvalue weighted by Crippen LogP contribution is 2.68. The van der Waals surface area contributed by atoms with Gasteiger partial charge in [-0.05, 0) is 61.1 Å². The summed E-state index contributed by atoms with van der Waals surface area (Å²) in [5.74, 6) is 0.416. The van der Waals surface area contributed by atoms with Crippen LogP contribution in [-0.4, -0.2) is 11.8 Å². The Hall–Kier alpha value is -1.85. The number of fused-ring (bicyclic) bond motifs is 1. The van der Waals surface area contributed by atoms with Gasteiger partial charge in [0.2, 0.25) is 11.8 Å². The van der Waals surface area contributed by atoms with Gasteiger partial charge in [0, 0.05) is 0 Å². The van der Waals surface area contributed by atoms with Crippen molar-refractivity contribution < 1.29 is 22.8 Å². The number of carbonyl (C=O) groups excluding carboxylic acids is 2. The van der Waals surface area contributed by atoms with Crippen molar-refractivity contribution in [3.63, 3.8) is 0 Å². The molecule has 5 fully saturated rings. The molecule has 1 aromatic rings. The maximum absolute atomic E-state index is 12.9. The minimum atomic E-state index is -4.49. The van der Waals surface area contributed by atoms with Crippen LogP contribution < -0.4 is 4.90 Å². The van der Waals surface area contributed by atoms with Crippen LogP contribution in [0.2, 0.25) is 0 Å². The fourth-order valence-electron chi connectivity index (χ4n) is 5.61. The molecular formula is C18H16F3NO2. The van der Waals surface area contributed by atoms with Gasteiger partial charge in [0.05, 0.1) is 23.1 Å². The van der Waals surface area contributed by atoms with Crippen molar-refractivity contribution >= 4 is 17.5 Å². The van der Waals surface area contributed by atoms with Crippen LogP contribution in [0.4, 0.5) is 18.9 Å². The molecule has 24 heavy (non-hydrogen) atoms. The van der Waals surface area contributed by atoms with Crippen LogP contribution in [0.25, 0.3) is 0 Å². The number of carbonyl (C=O) groups is 2. The SMILES string of the molecule is O=C1C2C3CCC(C4CC43)C2C(=O)N1c1cccc(C(F)(F)F)c1. The molecule has 126 valence electrons. The average molecular weight is 335 g/mol. The molecular weight excluding hydrogens is 319 g/mol. The first kappa shape index (κ1) is 14.5. The third kappa shape index (κ3) is 1.74. The molecule has 0 radical (unpaired) electrons. The summed E-state index contributed by atoms with van der Waals surface area (Å²) in [7, 11) is 0. The van der Waals surface area contributed by atoms with Gasteiger partial charge in [-0.1, -0.05) is 6.07 Å². The molecule has 5 aliphatic rings. The molecule has 4 aliphatic carbocycles. The molecule has 0 aromatic heterocycles. The van der Waals surface area contributed by atoms with Crippen molar-refractivity contribution in [3.8, 4) is 0 Å². The lowest BCUT2D eigenvalue weighted by atomic mass is 9.59. The van der Waals surface area contributed by atoms with E-state index in [4.69, 9.17) is 0 Å². The van der Waals surface area contributed by atoms with Crippen LogP contribution in [0.5, 0.6) is 0 Å². The molecule has 6 unspecified atom stereocenters. The molecule has 1 saturated heterocycles. The van der Waals surface area contributed by atoms with Crippen LogP contribution in [0.3, 0.4) is 0 Å². The molecule has 1 heterocycles. The molecule has 0 N–H and O–H groups in total. The Morgan fingerprint density at radius 1 is 0.917 bits per heavy atom. The van der Waals surface area contributed by atoms with Gasteiger partial charge >= 0.3 is 6.18 Å². The molecule has 2 amide bonds. The van der Waals surface area contributed by atoms with Gasteiger partial charge in [0.15, 0.2) is 0 Å². The summed E-state index contributed by atoms with van der Waals surface area (Å²) in [4.78, 5) is 26.8. The fraction of sp³-hybridized carbons (Fsp3) is 0.556. The van der Waals surface area contributed by atoms with E-state index in [9.17, 15) is 22.8 Å². The maximum Gasteiger partial charge on any atom is 0.416 e. The first-order chi connectivity index (χ1) is 11.4. The first-order valence-corrected chi connectivity index (χ1v) is 8.43. The highest BCUT2D eigenvalue weighted by Gasteiger charge is 2.68. The zero-order valence-corrected chi connectivity index (χ0v) is 12.8. The molecule has 1 aliphatic heterocycles. The number of hydrogen-bond acceptors (Lipinski definition) is 2. The predicted molar refractivity (Wildman–Crippen MR) is 78.7 cm³/mol. The number of halogens is 3. The number of anilines is 1. The fourth-order valence-corrected chi connectivity index (χ4v) is 5.61. The van der Waals surface area contributed by atoms with Crippen molar-refractivity contribution in [2.75, 3.05) is 4.90 Å². The summed E-state index contributed by atoms with van der Waals surface area (Å²) >= 11 is 0. The molecule has 4 saturated carbocycles. The van der Waals surface area contributed by atoms with Gasteiger partial charge in [-0.3, -0.25) is 14.5 Å². The Bertz CT molecular complexity index is 725. The predicted octanol–water partition coefficient (Wildman–Crippen LogP) is 3.49. The van der Waals surface area contributed by atoms with Crippen molar-refractivity contribution in [1.29, 1.82) is 0 Å². The van der Waals surface area contributed by atoms with E-state index in [2.05, 4.69) is 0 Å². The Kier molecular flexibility index (Phi) is 2.66. The zero-order chi connectivity index (χ0) is 16.8. The van der Waals surface area contributed by atoms with Gasteiger partial charge < -0.3 is 0 Å². The summed E-state index contributed by atoms with van der Waals surface area (Å²) in [6.45, 7) is 0. The number of alkyl halides is 3. The Morgan fingerprint density at radius 3 is 2.04 bits per heavy atom. The van der Waals surface area contributed by atoms with E-state index >= 15 is 0 Å². The third-order valence-electron chi connectivity index (χ3n) is 6.58. The van der Waals surface area contributed by atoms with Crippen LogP contribution in [0, 0.1) is 35.5 Å². The average Bonchev–Trinajstić information content (AvgIpc) is 3.31. The minimum Gasteiger partial charge on any atom is -0.274 e. The second kappa shape index (κ2) is 4.41. The standard InChI is InChI=1S/C18H16F3NO2/c19-18(20,21)8-2-1-3-9(6-8)22-16(23)14-10-4-5-11(13-7-12(10)13)15(14)17(22)24/h1-3,6,10-15H,4-5,7H2. The van der Waals surface area contributed by atoms with E-state index < -0.39 is 11.7 Å². The van der Waals surface area contributed by atoms with Crippen molar-refractivity contribution in [3.05, 3.63) is 29.8 Å². The van der Waals surface area contributed by atoms with Gasteiger partial charge in [-0.25, -0.2) is 0 Å². The first-order valence-electron chi connectivity index (χ1n) is 8.43. The van der Waals surface area contributed by atoms with Crippen LogP contribution in [0.15, 0.2) is 24.3 Å². The largest absolute Gasteiger partial charge is 0.416 e. The van der Waals surface area contributed by atoms with Crippen molar-refractivity contribution in [2.45, 2.75) is 25.4 Å². The number of nitrogens with zero attached hydrogens (tertiary/aromatic N) is 1. The monoisotopic (exact) mass is 335 g/mol. The number of rotatable bonds is 1. The molecule has 0 spiro atoms. The second-order valence-electron chi connectivity index (χ2n) is 7.58. The van der Waals surface area contributed by atoms with E-state index in [0.29, 0.717) is 11.8 Å². The van der Waals surface area contributed by atoms with Gasteiger partial charge in [-0.15, -0.1) is 0 Å². The van der Waals surface area contributed by atoms with Crippen molar-refractivity contribution in [2.24, 2.45) is 35.5 Å². The van der Waals surface area contributed by atoms with Gasteiger partial charge in [0.1, 0.15) is 0 Å². The Morgan fingerprint density at radius 2 is 1.50 bits per heavy atom. The highest BCUT2D eigenvalue weighted by molar-refractivity contribution is 6.22. The third-order valence-corrected chi connectivity index (χ3v) is 6.58. The highest BCUT2D eigenvalue weighted by atomic mass is 19.4. The molecule has 6 rings (SSSR count). The lowest BCUT2D eigenvalue weighted by molar-refractivity contribution is -0.137. The van der Waals surface area contributed by atoms with E-state index in [-0.39, 0.29) is 41.2 Å². The summed E-state index contributed by atoms with van der Waals surface area (Å²) in [5, 5.41) is 0. The van der Waals surface area contributed by atoms with Gasteiger partial charge in [-0.2, -0.15) is 13.2 Å². The molecule has 6 heteroatoms. The van der Waals surface area contributed by atoms with E-state index in [1.54, 1.807) is 0 Å². The molecule has 1 aromatic carbocycles. The van der Waals surface area contributed by atoms with E-state index in [1.807, 2.05) is 0 Å². The summed E-state index contributed by atoms with van der Waals surface area (Å²) in [5.41, 5.74) is -0.774. The van der Waals surface area contributed by atoms with Crippen molar-refractivity contribution in [1.82, 2.24) is 0 Å². The quantitative estimate of drug-likeness (QED) is 0.737. The lowest BCUT2D eigenvalue weighted by Crippen LogP contribution is -2.43. The normalized spacial score (nSPS) is 39.9. The van der Waals surface area contributed by atoms with Crippen LogP contribution in [0.1, 0.15) is 24.8 Å². The van der Waals surface area contributed by atoms with Crippen LogP contribution in [-0.2, 0) is 15.8 Å². The van der Waals surface area contributed by atoms with E-state index in [0.717, 1.165) is 36.3 Å². The summed E-state index contributed by atoms with van der Waals surface area (Å²) in [6, 6.07) is 4.55. The summed E-state index contributed by atoms with van der Waals surface area (Å²) in [6.07, 6.45) is -1.42. The second-order valence-corrected chi connectivity index (χ2v) is 7.58. The minimum absolute atomic E-state index is 0.0577. The van der Waals surface area contributed by atoms with E-state index in [1.165, 1.54) is 12.1 Å². The zero-order valence-electron chi connectivity index (χ0n) is 12.8. The summed E-state index contributed by atoms with van der Waals surface area (Å²) < 4.78 is 38.8. The Labute approximate surface area is 136 Å². The smallest absolute Gasteiger partial charge is 0.274 e. The number of hydrogen-bond donors (Lipinski definition) is 0. The number of benzene rings is 1. The van der Waals surface area contributed by atoms with Gasteiger partial charge in [0.25, 0.3) is 0 Å². The van der Waals surface area contributed by atoms with Crippen LogP contribution >= 0.6 is 0 Å². The molecule has 2 bridgehead atoms.